The van der Waals surface area contributed by atoms with Crippen LogP contribution in [-0.4, -0.2) is 31.3 Å². The van der Waals surface area contributed by atoms with Gasteiger partial charge < -0.3 is 14.7 Å². The van der Waals surface area contributed by atoms with Gasteiger partial charge in [-0.25, -0.2) is 0 Å². The van der Waals surface area contributed by atoms with Gasteiger partial charge in [-0.15, -0.1) is 0 Å². The monoisotopic (exact) mass is 305 g/mol. The van der Waals surface area contributed by atoms with Gasteiger partial charge in [0.05, 0.1) is 0 Å². The molecule has 0 unspecified atom stereocenters. The molecule has 1 N–H and O–H groups in total. The van der Waals surface area contributed by atoms with E-state index in [0.717, 1.165) is 48.9 Å². The van der Waals surface area contributed by atoms with Crippen LogP contribution in [0.5, 0.6) is 0 Å². The van der Waals surface area contributed by atoms with E-state index in [4.69, 9.17) is 4.52 Å². The van der Waals surface area contributed by atoms with Gasteiger partial charge in [0.1, 0.15) is 0 Å². The molecular weight excluding hydrogens is 286 g/mol. The summed E-state index contributed by atoms with van der Waals surface area (Å²) in [6.07, 6.45) is 0. The van der Waals surface area contributed by atoms with Crippen molar-refractivity contribution in [1.29, 1.82) is 0 Å². The van der Waals surface area contributed by atoms with Gasteiger partial charge in [-0.1, -0.05) is 59.8 Å². The van der Waals surface area contributed by atoms with E-state index in [1.54, 1.807) is 0 Å². The zero-order valence-corrected chi connectivity index (χ0v) is 12.9. The third-order valence-electron chi connectivity index (χ3n) is 4.22. The Morgan fingerprint density at radius 2 is 1.57 bits per heavy atom. The number of nitrogens with one attached hydrogen (secondary N) is 1. The van der Waals surface area contributed by atoms with Gasteiger partial charge in [-0.2, -0.15) is 0 Å². The van der Waals surface area contributed by atoms with Gasteiger partial charge >= 0.3 is 0 Å². The standard InChI is InChI=1S/C19H19N3O/c1-2-6-15(7-3-1)16-8-4-5-9-17(16)18-14-19(21-23-18)22-12-10-20-11-13-22/h1-9,14,20H,10-13H2. The molecule has 3 aromatic rings. The molecule has 0 amide bonds. The highest BCUT2D eigenvalue weighted by Gasteiger charge is 2.17. The zero-order valence-electron chi connectivity index (χ0n) is 12.9. The number of aromatic nitrogens is 1. The zero-order chi connectivity index (χ0) is 15.5. The summed E-state index contributed by atoms with van der Waals surface area (Å²) < 4.78 is 5.65. The van der Waals surface area contributed by atoms with E-state index in [2.05, 4.69) is 57.8 Å². The molecule has 116 valence electrons. The topological polar surface area (TPSA) is 41.3 Å². The van der Waals surface area contributed by atoms with Crippen molar-refractivity contribution in [3.8, 4) is 22.5 Å². The number of hydrogen-bond donors (Lipinski definition) is 1. The number of hydrogen-bond acceptors (Lipinski definition) is 4. The normalized spacial score (nSPS) is 14.9. The third-order valence-corrected chi connectivity index (χ3v) is 4.22. The summed E-state index contributed by atoms with van der Waals surface area (Å²) in [5, 5.41) is 7.63. The van der Waals surface area contributed by atoms with Gasteiger partial charge in [0.25, 0.3) is 0 Å². The Hall–Kier alpha value is -2.59. The molecule has 1 aliphatic rings. The highest BCUT2D eigenvalue weighted by Crippen LogP contribution is 2.33. The minimum Gasteiger partial charge on any atom is -0.354 e. The van der Waals surface area contributed by atoms with Crippen LogP contribution in [0.2, 0.25) is 0 Å². The van der Waals surface area contributed by atoms with Gasteiger partial charge in [0.15, 0.2) is 11.6 Å². The molecule has 4 rings (SSSR count). The summed E-state index contributed by atoms with van der Waals surface area (Å²) in [5.74, 6) is 1.74. The van der Waals surface area contributed by atoms with Crippen LogP contribution in [0.3, 0.4) is 0 Å². The molecule has 1 aromatic heterocycles. The van der Waals surface area contributed by atoms with Crippen LogP contribution in [0.1, 0.15) is 0 Å². The summed E-state index contributed by atoms with van der Waals surface area (Å²) in [6.45, 7) is 3.91. The lowest BCUT2D eigenvalue weighted by Gasteiger charge is -2.26. The Balaban J connectivity index is 1.70. The van der Waals surface area contributed by atoms with Gasteiger partial charge in [0, 0.05) is 37.8 Å². The molecule has 0 bridgehead atoms. The van der Waals surface area contributed by atoms with Crippen LogP contribution < -0.4 is 10.2 Å². The second-order valence-corrected chi connectivity index (χ2v) is 5.70. The van der Waals surface area contributed by atoms with Crippen LogP contribution >= 0.6 is 0 Å². The molecule has 2 aromatic carbocycles. The maximum Gasteiger partial charge on any atom is 0.172 e. The van der Waals surface area contributed by atoms with Crippen LogP contribution in [0.4, 0.5) is 5.82 Å². The molecule has 2 heterocycles. The Morgan fingerprint density at radius 1 is 0.870 bits per heavy atom. The lowest BCUT2D eigenvalue weighted by atomic mass is 9.98. The molecule has 4 nitrogen and oxygen atoms in total. The highest BCUT2D eigenvalue weighted by molar-refractivity contribution is 5.81. The third kappa shape index (κ3) is 2.85. The van der Waals surface area contributed by atoms with E-state index in [1.165, 1.54) is 5.56 Å². The van der Waals surface area contributed by atoms with Crippen molar-refractivity contribution in [2.45, 2.75) is 0 Å². The molecule has 0 aliphatic carbocycles. The van der Waals surface area contributed by atoms with E-state index < -0.39 is 0 Å². The molecule has 0 atom stereocenters. The van der Waals surface area contributed by atoms with Crippen molar-refractivity contribution in [2.75, 3.05) is 31.1 Å². The average Bonchev–Trinajstić information content (AvgIpc) is 3.13. The Morgan fingerprint density at radius 3 is 2.35 bits per heavy atom. The SMILES string of the molecule is c1ccc(-c2ccccc2-c2cc(N3CCNCC3)no2)cc1. The minimum absolute atomic E-state index is 0.818. The average molecular weight is 305 g/mol. The molecule has 0 spiro atoms. The number of benzene rings is 2. The van der Waals surface area contributed by atoms with Gasteiger partial charge in [0.2, 0.25) is 0 Å². The molecule has 1 fully saturated rings. The molecule has 1 saturated heterocycles. The minimum atomic E-state index is 0.818. The number of anilines is 1. The second-order valence-electron chi connectivity index (χ2n) is 5.70. The molecule has 1 aliphatic heterocycles. The maximum absolute atomic E-state index is 5.65. The van der Waals surface area contributed by atoms with E-state index in [0.29, 0.717) is 0 Å². The number of nitrogens with zero attached hydrogens (tertiary/aromatic N) is 2. The fraction of sp³-hybridized carbons (Fsp3) is 0.211. The van der Waals surface area contributed by atoms with E-state index in [1.807, 2.05) is 18.2 Å². The van der Waals surface area contributed by atoms with E-state index in [-0.39, 0.29) is 0 Å². The van der Waals surface area contributed by atoms with E-state index >= 15 is 0 Å². The summed E-state index contributed by atoms with van der Waals surface area (Å²) in [5.41, 5.74) is 3.42. The first-order valence-corrected chi connectivity index (χ1v) is 7.99. The van der Waals surface area contributed by atoms with Crippen molar-refractivity contribution in [1.82, 2.24) is 10.5 Å². The maximum atomic E-state index is 5.65. The predicted molar refractivity (Wildman–Crippen MR) is 92.5 cm³/mol. The first-order valence-electron chi connectivity index (χ1n) is 7.99. The summed E-state index contributed by atoms with van der Waals surface area (Å²) in [4.78, 5) is 2.26. The van der Waals surface area contributed by atoms with Crippen molar-refractivity contribution in [3.05, 3.63) is 60.7 Å². The lowest BCUT2D eigenvalue weighted by Crippen LogP contribution is -2.43. The molecule has 23 heavy (non-hydrogen) atoms. The predicted octanol–water partition coefficient (Wildman–Crippen LogP) is 3.42. The van der Waals surface area contributed by atoms with Crippen LogP contribution in [0.15, 0.2) is 65.2 Å². The molecule has 0 saturated carbocycles. The first-order chi connectivity index (χ1) is 11.4. The van der Waals surface area contributed by atoms with Crippen LogP contribution in [-0.2, 0) is 0 Å². The second kappa shape index (κ2) is 6.26. The van der Waals surface area contributed by atoms with Gasteiger partial charge in [-0.3, -0.25) is 0 Å². The number of rotatable bonds is 3. The first kappa shape index (κ1) is 14.0. The number of piperazine rings is 1. The molecule has 4 heteroatoms. The molecular formula is C19H19N3O. The van der Waals surface area contributed by atoms with Crippen LogP contribution in [0.25, 0.3) is 22.5 Å². The fourth-order valence-electron chi connectivity index (χ4n) is 3.00. The Labute approximate surface area is 135 Å². The van der Waals surface area contributed by atoms with Crippen molar-refractivity contribution >= 4 is 5.82 Å². The Bertz CT molecular complexity index is 776. The fourth-order valence-corrected chi connectivity index (χ4v) is 3.00. The smallest absolute Gasteiger partial charge is 0.172 e. The summed E-state index contributed by atoms with van der Waals surface area (Å²) >= 11 is 0. The lowest BCUT2D eigenvalue weighted by molar-refractivity contribution is 0.428. The highest BCUT2D eigenvalue weighted by atomic mass is 16.5. The largest absolute Gasteiger partial charge is 0.354 e. The van der Waals surface area contributed by atoms with Gasteiger partial charge in [-0.05, 0) is 11.1 Å². The molecule has 0 radical (unpaired) electrons. The summed E-state index contributed by atoms with van der Waals surface area (Å²) in [6, 6.07) is 20.7. The van der Waals surface area contributed by atoms with Crippen molar-refractivity contribution in [2.24, 2.45) is 0 Å². The van der Waals surface area contributed by atoms with Crippen LogP contribution in [0, 0.1) is 0 Å². The Kier molecular flexibility index (Phi) is 3.82. The quantitative estimate of drug-likeness (QED) is 0.805. The van der Waals surface area contributed by atoms with E-state index in [9.17, 15) is 0 Å². The summed E-state index contributed by atoms with van der Waals surface area (Å²) in [7, 11) is 0. The van der Waals surface area contributed by atoms with Crippen molar-refractivity contribution in [3.63, 3.8) is 0 Å². The van der Waals surface area contributed by atoms with Crippen molar-refractivity contribution < 1.29 is 4.52 Å².